The lowest BCUT2D eigenvalue weighted by Crippen LogP contribution is -2.26. The number of nitrogens with zero attached hydrogens (tertiary/aromatic N) is 1. The van der Waals surface area contributed by atoms with Crippen molar-refractivity contribution in [1.29, 1.82) is 0 Å². The average Bonchev–Trinajstić information content (AvgIpc) is 2.36. The van der Waals surface area contributed by atoms with Crippen LogP contribution in [0, 0.1) is 5.82 Å². The number of nitrogens with one attached hydrogen (secondary N) is 1. The fourth-order valence-corrected chi connectivity index (χ4v) is 2.31. The Morgan fingerprint density at radius 1 is 1.37 bits per heavy atom. The molecule has 0 atom stereocenters. The molecular weight excluding hydrogens is 271 g/mol. The summed E-state index contributed by atoms with van der Waals surface area (Å²) in [4.78, 5) is 11.6. The van der Waals surface area contributed by atoms with E-state index in [1.54, 1.807) is 0 Å². The van der Waals surface area contributed by atoms with Crippen molar-refractivity contribution >= 4 is 15.9 Å². The van der Waals surface area contributed by atoms with Crippen molar-refractivity contribution in [2.24, 2.45) is 0 Å². The highest BCUT2D eigenvalue weighted by atomic mass is 32.2. The minimum absolute atomic E-state index is 0.111. The zero-order valence-electron chi connectivity index (χ0n) is 11.1. The molecule has 5 nitrogen and oxygen atoms in total. The molecule has 0 saturated carbocycles. The van der Waals surface area contributed by atoms with E-state index in [4.69, 9.17) is 0 Å². The topological polar surface area (TPSA) is 66.5 Å². The third-order valence-electron chi connectivity index (χ3n) is 2.50. The normalized spacial score (nSPS) is 11.6. The highest BCUT2D eigenvalue weighted by Gasteiger charge is 2.21. The number of carbonyl (C=O) groups excluding carboxylic acids is 1. The quantitative estimate of drug-likeness (QED) is 0.886. The molecule has 0 spiro atoms. The molecule has 0 bridgehead atoms. The van der Waals surface area contributed by atoms with Gasteiger partial charge in [0.05, 0.1) is 10.5 Å². The van der Waals surface area contributed by atoms with Crippen LogP contribution in [0.1, 0.15) is 23.7 Å². The van der Waals surface area contributed by atoms with E-state index in [1.807, 2.05) is 6.92 Å². The van der Waals surface area contributed by atoms with Gasteiger partial charge in [-0.1, -0.05) is 6.92 Å². The Hall–Kier alpha value is -1.47. The molecule has 7 heteroatoms. The predicted molar refractivity (Wildman–Crippen MR) is 69.9 cm³/mol. The summed E-state index contributed by atoms with van der Waals surface area (Å²) in [5, 5.41) is 2.51. The summed E-state index contributed by atoms with van der Waals surface area (Å²) >= 11 is 0. The van der Waals surface area contributed by atoms with Gasteiger partial charge in [0, 0.05) is 20.6 Å². The van der Waals surface area contributed by atoms with Crippen LogP contribution < -0.4 is 5.32 Å². The molecule has 0 radical (unpaired) electrons. The van der Waals surface area contributed by atoms with Gasteiger partial charge in [0.25, 0.3) is 5.91 Å². The molecule has 1 N–H and O–H groups in total. The van der Waals surface area contributed by atoms with Crippen LogP contribution in [-0.4, -0.2) is 39.3 Å². The zero-order valence-corrected chi connectivity index (χ0v) is 11.9. The predicted octanol–water partition coefficient (Wildman–Crippen LogP) is 1.22. The average molecular weight is 288 g/mol. The summed E-state index contributed by atoms with van der Waals surface area (Å²) in [6.45, 7) is 2.27. The van der Waals surface area contributed by atoms with E-state index < -0.39 is 21.7 Å². The van der Waals surface area contributed by atoms with Crippen molar-refractivity contribution in [3.05, 3.63) is 29.6 Å². The van der Waals surface area contributed by atoms with Crippen LogP contribution in [0.5, 0.6) is 0 Å². The third-order valence-corrected chi connectivity index (χ3v) is 4.31. The van der Waals surface area contributed by atoms with Gasteiger partial charge in [-0.2, -0.15) is 0 Å². The van der Waals surface area contributed by atoms with Crippen LogP contribution in [0.15, 0.2) is 23.1 Å². The Balaban J connectivity index is 3.18. The molecular formula is C12H17FN2O3S. The zero-order chi connectivity index (χ0) is 14.6. The first kappa shape index (κ1) is 15.6. The van der Waals surface area contributed by atoms with Gasteiger partial charge in [0.1, 0.15) is 5.82 Å². The first-order valence-electron chi connectivity index (χ1n) is 5.81. The first-order valence-corrected chi connectivity index (χ1v) is 7.25. The van der Waals surface area contributed by atoms with Gasteiger partial charge >= 0.3 is 0 Å². The minimum atomic E-state index is -3.68. The lowest BCUT2D eigenvalue weighted by molar-refractivity contribution is 0.0949. The minimum Gasteiger partial charge on any atom is -0.352 e. The lowest BCUT2D eigenvalue weighted by atomic mass is 10.2. The van der Waals surface area contributed by atoms with Crippen molar-refractivity contribution < 1.29 is 17.6 Å². The van der Waals surface area contributed by atoms with E-state index in [9.17, 15) is 17.6 Å². The number of rotatable bonds is 5. The number of amides is 1. The molecule has 1 rings (SSSR count). The van der Waals surface area contributed by atoms with Gasteiger partial charge in [-0.15, -0.1) is 0 Å². The molecule has 1 aromatic rings. The van der Waals surface area contributed by atoms with Gasteiger partial charge in [-0.05, 0) is 24.6 Å². The molecule has 106 valence electrons. The number of carbonyl (C=O) groups is 1. The second kappa shape index (κ2) is 6.12. The van der Waals surface area contributed by atoms with Gasteiger partial charge in [-0.3, -0.25) is 4.79 Å². The largest absolute Gasteiger partial charge is 0.352 e. The van der Waals surface area contributed by atoms with E-state index in [2.05, 4.69) is 5.32 Å². The summed E-state index contributed by atoms with van der Waals surface area (Å²) < 4.78 is 38.4. The Bertz CT molecular complexity index is 570. The van der Waals surface area contributed by atoms with Crippen molar-refractivity contribution in [2.45, 2.75) is 18.2 Å². The van der Waals surface area contributed by atoms with Crippen molar-refractivity contribution in [3.8, 4) is 0 Å². The maximum absolute atomic E-state index is 13.6. The van der Waals surface area contributed by atoms with Crippen LogP contribution in [0.4, 0.5) is 4.39 Å². The van der Waals surface area contributed by atoms with Crippen LogP contribution in [0.3, 0.4) is 0 Å². The van der Waals surface area contributed by atoms with E-state index in [-0.39, 0.29) is 10.5 Å². The number of hydrogen-bond acceptors (Lipinski definition) is 3. The molecule has 0 aliphatic heterocycles. The Kier molecular flexibility index (Phi) is 5.02. The maximum atomic E-state index is 13.6. The van der Waals surface area contributed by atoms with Crippen LogP contribution >= 0.6 is 0 Å². The molecule has 0 aromatic heterocycles. The number of hydrogen-bond donors (Lipinski definition) is 1. The summed E-state index contributed by atoms with van der Waals surface area (Å²) in [6.07, 6.45) is 0.711. The van der Waals surface area contributed by atoms with E-state index in [0.717, 1.165) is 22.5 Å². The molecule has 19 heavy (non-hydrogen) atoms. The van der Waals surface area contributed by atoms with Crippen LogP contribution in [-0.2, 0) is 10.0 Å². The fraction of sp³-hybridized carbons (Fsp3) is 0.417. The third kappa shape index (κ3) is 3.51. The molecule has 0 unspecified atom stereocenters. The highest BCUT2D eigenvalue weighted by Crippen LogP contribution is 2.17. The van der Waals surface area contributed by atoms with Crippen molar-refractivity contribution in [2.75, 3.05) is 20.6 Å². The standard InChI is InChI=1S/C12H17FN2O3S/c1-4-7-14-12(16)10-8-9(5-6-11(10)13)19(17,18)15(2)3/h5-6,8H,4,7H2,1-3H3,(H,14,16). The Morgan fingerprint density at radius 3 is 2.53 bits per heavy atom. The molecule has 0 heterocycles. The second-order valence-corrected chi connectivity index (χ2v) is 6.34. The number of benzene rings is 1. The van der Waals surface area contributed by atoms with E-state index >= 15 is 0 Å². The van der Waals surface area contributed by atoms with Gasteiger partial charge in [0.2, 0.25) is 10.0 Å². The summed E-state index contributed by atoms with van der Waals surface area (Å²) in [5.41, 5.74) is -0.267. The monoisotopic (exact) mass is 288 g/mol. The first-order chi connectivity index (χ1) is 8.80. The van der Waals surface area contributed by atoms with Crippen LogP contribution in [0.25, 0.3) is 0 Å². The summed E-state index contributed by atoms with van der Waals surface area (Å²) in [5.74, 6) is -1.36. The molecule has 1 aromatic carbocycles. The fourth-order valence-electron chi connectivity index (χ4n) is 1.38. The van der Waals surface area contributed by atoms with Gasteiger partial charge in [0.15, 0.2) is 0 Å². The molecule has 0 aliphatic rings. The molecule has 1 amide bonds. The number of halogens is 1. The Morgan fingerprint density at radius 2 is 2.00 bits per heavy atom. The van der Waals surface area contributed by atoms with E-state index in [0.29, 0.717) is 13.0 Å². The Labute approximate surface area is 112 Å². The lowest BCUT2D eigenvalue weighted by Gasteiger charge is -2.12. The molecule has 0 saturated heterocycles. The van der Waals surface area contributed by atoms with Gasteiger partial charge in [-0.25, -0.2) is 17.1 Å². The van der Waals surface area contributed by atoms with Crippen molar-refractivity contribution in [3.63, 3.8) is 0 Å². The highest BCUT2D eigenvalue weighted by molar-refractivity contribution is 7.89. The number of sulfonamides is 1. The SMILES string of the molecule is CCCNC(=O)c1cc(S(=O)(=O)N(C)C)ccc1F. The van der Waals surface area contributed by atoms with E-state index in [1.165, 1.54) is 14.1 Å². The van der Waals surface area contributed by atoms with Gasteiger partial charge < -0.3 is 5.32 Å². The summed E-state index contributed by atoms with van der Waals surface area (Å²) in [7, 11) is -0.942. The molecule has 0 fully saturated rings. The smallest absolute Gasteiger partial charge is 0.254 e. The van der Waals surface area contributed by atoms with Crippen molar-refractivity contribution in [1.82, 2.24) is 9.62 Å². The molecule has 0 aliphatic carbocycles. The second-order valence-electron chi connectivity index (χ2n) is 4.18. The maximum Gasteiger partial charge on any atom is 0.254 e. The summed E-state index contributed by atoms with van der Waals surface area (Å²) in [6, 6.07) is 3.17. The van der Waals surface area contributed by atoms with Crippen LogP contribution in [0.2, 0.25) is 0 Å².